The van der Waals surface area contributed by atoms with E-state index in [1.165, 1.54) is 11.1 Å². The van der Waals surface area contributed by atoms with Crippen molar-refractivity contribution in [2.45, 2.75) is 19.5 Å². The third kappa shape index (κ3) is 3.70. The van der Waals surface area contributed by atoms with Gasteiger partial charge < -0.3 is 20.1 Å². The van der Waals surface area contributed by atoms with Crippen LogP contribution in [-0.4, -0.2) is 39.5 Å². The molecule has 0 aromatic heterocycles. The fraction of sp³-hybridized carbons (Fsp3) is 0.571. The molecule has 0 radical (unpaired) electrons. The average Bonchev–Trinajstić information content (AvgIpc) is 2.40. The summed E-state index contributed by atoms with van der Waals surface area (Å²) in [5, 5.41) is 6.88. The van der Waals surface area contributed by atoms with Crippen LogP contribution in [0.1, 0.15) is 11.1 Å². The molecule has 1 aromatic carbocycles. The molecule has 100 valence electrons. The highest BCUT2D eigenvalue weighted by atomic mass is 16.5. The number of aryl methyl sites for hydroxylation is 1. The predicted octanol–water partition coefficient (Wildman–Crippen LogP) is 1.08. The number of methoxy groups -OCH3 is 1. The zero-order valence-electron chi connectivity index (χ0n) is 11.2. The molecule has 1 heterocycles. The zero-order valence-corrected chi connectivity index (χ0v) is 11.2. The van der Waals surface area contributed by atoms with Gasteiger partial charge in [-0.25, -0.2) is 0 Å². The molecular weight excluding hydrogens is 228 g/mol. The van der Waals surface area contributed by atoms with E-state index in [1.54, 1.807) is 7.11 Å². The van der Waals surface area contributed by atoms with Crippen molar-refractivity contribution in [2.24, 2.45) is 0 Å². The second kappa shape index (κ2) is 6.73. The van der Waals surface area contributed by atoms with Gasteiger partial charge in [-0.1, -0.05) is 12.1 Å². The summed E-state index contributed by atoms with van der Waals surface area (Å²) in [7, 11) is 1.70. The molecule has 18 heavy (non-hydrogen) atoms. The zero-order chi connectivity index (χ0) is 12.8. The highest BCUT2D eigenvalue weighted by molar-refractivity contribution is 5.36. The molecule has 1 aromatic rings. The summed E-state index contributed by atoms with van der Waals surface area (Å²) in [6.07, 6.45) is 0. The summed E-state index contributed by atoms with van der Waals surface area (Å²) in [5.74, 6) is 0.945. The number of rotatable bonds is 5. The predicted molar refractivity (Wildman–Crippen MR) is 72.0 cm³/mol. The summed E-state index contributed by atoms with van der Waals surface area (Å²) in [5.41, 5.74) is 2.46. The first kappa shape index (κ1) is 13.3. The lowest BCUT2D eigenvalue weighted by molar-refractivity contribution is 0.0766. The minimum Gasteiger partial charge on any atom is -0.496 e. The first-order valence-corrected chi connectivity index (χ1v) is 6.45. The summed E-state index contributed by atoms with van der Waals surface area (Å²) in [6, 6.07) is 6.72. The van der Waals surface area contributed by atoms with E-state index in [4.69, 9.17) is 9.47 Å². The van der Waals surface area contributed by atoms with Gasteiger partial charge in [0.2, 0.25) is 0 Å². The Balaban J connectivity index is 1.77. The van der Waals surface area contributed by atoms with Crippen molar-refractivity contribution in [1.82, 2.24) is 10.6 Å². The third-order valence-corrected chi connectivity index (χ3v) is 3.18. The van der Waals surface area contributed by atoms with E-state index in [-0.39, 0.29) is 0 Å². The van der Waals surface area contributed by atoms with Crippen molar-refractivity contribution in [3.63, 3.8) is 0 Å². The minimum absolute atomic E-state index is 0.429. The number of ether oxygens (including phenoxy) is 2. The molecule has 0 saturated carbocycles. The fourth-order valence-corrected chi connectivity index (χ4v) is 2.19. The van der Waals surface area contributed by atoms with Gasteiger partial charge in [0, 0.05) is 25.7 Å². The van der Waals surface area contributed by atoms with Gasteiger partial charge in [0.05, 0.1) is 20.3 Å². The Hall–Kier alpha value is -1.10. The van der Waals surface area contributed by atoms with Gasteiger partial charge in [-0.05, 0) is 24.1 Å². The first-order valence-electron chi connectivity index (χ1n) is 6.45. The number of nitrogens with one attached hydrogen (secondary N) is 2. The lowest BCUT2D eigenvalue weighted by atomic mass is 10.1. The Morgan fingerprint density at radius 1 is 1.50 bits per heavy atom. The Bertz CT molecular complexity index is 376. The molecular formula is C14H22N2O2. The maximum atomic E-state index is 5.42. The summed E-state index contributed by atoms with van der Waals surface area (Å²) >= 11 is 0. The van der Waals surface area contributed by atoms with Gasteiger partial charge >= 0.3 is 0 Å². The van der Waals surface area contributed by atoms with Crippen molar-refractivity contribution in [3.05, 3.63) is 29.3 Å². The van der Waals surface area contributed by atoms with Gasteiger partial charge in [-0.2, -0.15) is 0 Å². The van der Waals surface area contributed by atoms with Crippen LogP contribution >= 0.6 is 0 Å². The Morgan fingerprint density at radius 3 is 3.06 bits per heavy atom. The van der Waals surface area contributed by atoms with E-state index in [9.17, 15) is 0 Å². The molecule has 4 nitrogen and oxygen atoms in total. The molecule has 1 atom stereocenters. The molecule has 4 heteroatoms. The maximum Gasteiger partial charge on any atom is 0.121 e. The van der Waals surface area contributed by atoms with Crippen LogP contribution < -0.4 is 15.4 Å². The van der Waals surface area contributed by atoms with Crippen LogP contribution in [0.2, 0.25) is 0 Å². The molecule has 1 aliphatic rings. The summed E-state index contributed by atoms with van der Waals surface area (Å²) in [4.78, 5) is 0. The Labute approximate surface area is 109 Å². The lowest BCUT2D eigenvalue weighted by Gasteiger charge is -2.24. The van der Waals surface area contributed by atoms with E-state index < -0.39 is 0 Å². The van der Waals surface area contributed by atoms with Crippen LogP contribution in [-0.2, 0) is 11.3 Å². The normalized spacial score (nSPS) is 19.8. The topological polar surface area (TPSA) is 42.5 Å². The van der Waals surface area contributed by atoms with Crippen LogP contribution in [0.15, 0.2) is 18.2 Å². The Kier molecular flexibility index (Phi) is 4.99. The van der Waals surface area contributed by atoms with E-state index >= 15 is 0 Å². The standard InChI is InChI=1S/C14H22N2O2/c1-11-7-12(3-4-14(11)17-2)8-15-9-13-10-18-6-5-16-13/h3-4,7,13,15-16H,5-6,8-10H2,1-2H3. The molecule has 0 bridgehead atoms. The molecule has 0 aliphatic carbocycles. The molecule has 0 spiro atoms. The van der Waals surface area contributed by atoms with E-state index in [0.29, 0.717) is 6.04 Å². The molecule has 2 rings (SSSR count). The lowest BCUT2D eigenvalue weighted by Crippen LogP contribution is -2.47. The number of hydrogen-bond acceptors (Lipinski definition) is 4. The third-order valence-electron chi connectivity index (χ3n) is 3.18. The summed E-state index contributed by atoms with van der Waals surface area (Å²) < 4.78 is 10.7. The molecule has 1 fully saturated rings. The van der Waals surface area contributed by atoms with Crippen LogP contribution in [0.3, 0.4) is 0 Å². The first-order chi connectivity index (χ1) is 8.79. The monoisotopic (exact) mass is 250 g/mol. The van der Waals surface area contributed by atoms with Gasteiger partial charge in [0.25, 0.3) is 0 Å². The second-order valence-electron chi connectivity index (χ2n) is 4.66. The maximum absolute atomic E-state index is 5.42. The SMILES string of the molecule is COc1ccc(CNCC2COCCN2)cc1C. The molecule has 1 unspecified atom stereocenters. The molecule has 1 aliphatic heterocycles. The van der Waals surface area contributed by atoms with Gasteiger partial charge in [0.1, 0.15) is 5.75 Å². The second-order valence-corrected chi connectivity index (χ2v) is 4.66. The van der Waals surface area contributed by atoms with Gasteiger partial charge in [-0.15, -0.1) is 0 Å². The Morgan fingerprint density at radius 2 is 2.39 bits per heavy atom. The van der Waals surface area contributed by atoms with Crippen LogP contribution in [0.25, 0.3) is 0 Å². The highest BCUT2D eigenvalue weighted by Gasteiger charge is 2.11. The molecule has 1 saturated heterocycles. The van der Waals surface area contributed by atoms with E-state index in [1.807, 2.05) is 6.07 Å². The smallest absolute Gasteiger partial charge is 0.121 e. The fourth-order valence-electron chi connectivity index (χ4n) is 2.19. The van der Waals surface area contributed by atoms with Crippen LogP contribution in [0.5, 0.6) is 5.75 Å². The van der Waals surface area contributed by atoms with Crippen LogP contribution in [0.4, 0.5) is 0 Å². The van der Waals surface area contributed by atoms with Crippen LogP contribution in [0, 0.1) is 6.92 Å². The molecule has 2 N–H and O–H groups in total. The largest absolute Gasteiger partial charge is 0.496 e. The van der Waals surface area contributed by atoms with E-state index in [0.717, 1.165) is 38.6 Å². The quantitative estimate of drug-likeness (QED) is 0.821. The number of benzene rings is 1. The van der Waals surface area contributed by atoms with Crippen molar-refractivity contribution < 1.29 is 9.47 Å². The van der Waals surface area contributed by atoms with Crippen molar-refractivity contribution in [2.75, 3.05) is 33.4 Å². The van der Waals surface area contributed by atoms with E-state index in [2.05, 4.69) is 29.7 Å². The van der Waals surface area contributed by atoms with Crippen molar-refractivity contribution >= 4 is 0 Å². The summed E-state index contributed by atoms with van der Waals surface area (Å²) in [6.45, 7) is 6.46. The minimum atomic E-state index is 0.429. The number of hydrogen-bond donors (Lipinski definition) is 2. The highest BCUT2D eigenvalue weighted by Crippen LogP contribution is 2.18. The average molecular weight is 250 g/mol. The number of morpholine rings is 1. The van der Waals surface area contributed by atoms with Crippen molar-refractivity contribution in [3.8, 4) is 5.75 Å². The van der Waals surface area contributed by atoms with Crippen molar-refractivity contribution in [1.29, 1.82) is 0 Å². The molecule has 0 amide bonds. The van der Waals surface area contributed by atoms with Gasteiger partial charge in [-0.3, -0.25) is 0 Å². The van der Waals surface area contributed by atoms with Gasteiger partial charge in [0.15, 0.2) is 0 Å².